The SMILES string of the molecule is CCSc1cc(NC(=S)c2ccoc2C)ccc1Cl. The Morgan fingerprint density at radius 3 is 2.84 bits per heavy atom. The maximum Gasteiger partial charge on any atom is 0.114 e. The van der Waals surface area contributed by atoms with Crippen molar-refractivity contribution >= 4 is 46.3 Å². The molecular formula is C14H14ClNOS2. The molecule has 0 aliphatic carbocycles. The lowest BCUT2D eigenvalue weighted by Gasteiger charge is -2.10. The number of halogens is 1. The highest BCUT2D eigenvalue weighted by Crippen LogP contribution is 2.30. The van der Waals surface area contributed by atoms with Gasteiger partial charge in [0.1, 0.15) is 10.7 Å². The molecule has 0 spiro atoms. The van der Waals surface area contributed by atoms with Gasteiger partial charge < -0.3 is 9.73 Å². The van der Waals surface area contributed by atoms with Crippen LogP contribution in [0.2, 0.25) is 5.02 Å². The maximum atomic E-state index is 6.14. The number of rotatable bonds is 4. The van der Waals surface area contributed by atoms with Gasteiger partial charge in [-0.25, -0.2) is 0 Å². The lowest BCUT2D eigenvalue weighted by Crippen LogP contribution is -2.10. The molecule has 0 atom stereocenters. The molecule has 0 unspecified atom stereocenters. The average Bonchev–Trinajstić information content (AvgIpc) is 2.80. The molecule has 0 aliphatic rings. The average molecular weight is 312 g/mol. The van der Waals surface area contributed by atoms with Crippen LogP contribution in [0.1, 0.15) is 18.2 Å². The monoisotopic (exact) mass is 311 g/mol. The van der Waals surface area contributed by atoms with Crippen LogP contribution in [0.25, 0.3) is 0 Å². The number of nitrogens with one attached hydrogen (secondary N) is 1. The van der Waals surface area contributed by atoms with Crippen molar-refractivity contribution in [1.29, 1.82) is 0 Å². The van der Waals surface area contributed by atoms with E-state index in [1.165, 1.54) is 0 Å². The first-order valence-electron chi connectivity index (χ1n) is 5.89. The molecule has 100 valence electrons. The highest BCUT2D eigenvalue weighted by molar-refractivity contribution is 7.99. The Hall–Kier alpha value is -0.970. The Bertz CT molecular complexity index is 595. The second kappa shape index (κ2) is 6.46. The molecule has 1 heterocycles. The van der Waals surface area contributed by atoms with Gasteiger partial charge in [-0.3, -0.25) is 0 Å². The smallest absolute Gasteiger partial charge is 0.114 e. The van der Waals surface area contributed by atoms with Crippen molar-refractivity contribution in [2.45, 2.75) is 18.7 Å². The molecule has 1 aromatic heterocycles. The summed E-state index contributed by atoms with van der Waals surface area (Å²) in [7, 11) is 0. The summed E-state index contributed by atoms with van der Waals surface area (Å²) >= 11 is 13.2. The molecule has 0 bridgehead atoms. The molecule has 1 N–H and O–H groups in total. The van der Waals surface area contributed by atoms with Gasteiger partial charge in [0.05, 0.1) is 16.8 Å². The third-order valence-corrected chi connectivity index (χ3v) is 4.29. The lowest BCUT2D eigenvalue weighted by atomic mass is 10.2. The minimum atomic E-state index is 0.654. The quantitative estimate of drug-likeness (QED) is 0.624. The van der Waals surface area contributed by atoms with Crippen molar-refractivity contribution in [3.8, 4) is 0 Å². The topological polar surface area (TPSA) is 25.2 Å². The van der Waals surface area contributed by atoms with E-state index in [1.54, 1.807) is 18.0 Å². The summed E-state index contributed by atoms with van der Waals surface area (Å²) in [4.78, 5) is 1.71. The fraction of sp³-hybridized carbons (Fsp3) is 0.214. The van der Waals surface area contributed by atoms with Crippen LogP contribution in [0, 0.1) is 6.92 Å². The van der Waals surface area contributed by atoms with Gasteiger partial charge in [-0.05, 0) is 36.9 Å². The van der Waals surface area contributed by atoms with Crippen LogP contribution in [0.5, 0.6) is 0 Å². The van der Waals surface area contributed by atoms with Gasteiger partial charge in [0.25, 0.3) is 0 Å². The third-order valence-electron chi connectivity index (χ3n) is 2.59. The Balaban J connectivity index is 2.17. The third kappa shape index (κ3) is 3.53. The van der Waals surface area contributed by atoms with E-state index >= 15 is 0 Å². The fourth-order valence-electron chi connectivity index (χ4n) is 1.67. The van der Waals surface area contributed by atoms with E-state index in [-0.39, 0.29) is 0 Å². The van der Waals surface area contributed by atoms with Crippen LogP contribution in [0.4, 0.5) is 5.69 Å². The van der Waals surface area contributed by atoms with Gasteiger partial charge in [0.15, 0.2) is 0 Å². The maximum absolute atomic E-state index is 6.14. The van der Waals surface area contributed by atoms with Crippen LogP contribution >= 0.6 is 35.6 Å². The summed E-state index contributed by atoms with van der Waals surface area (Å²) in [6, 6.07) is 7.68. The summed E-state index contributed by atoms with van der Waals surface area (Å²) in [5.74, 6) is 1.80. The summed E-state index contributed by atoms with van der Waals surface area (Å²) in [5.41, 5.74) is 1.85. The van der Waals surface area contributed by atoms with E-state index in [9.17, 15) is 0 Å². The largest absolute Gasteiger partial charge is 0.469 e. The summed E-state index contributed by atoms with van der Waals surface area (Å²) < 4.78 is 5.25. The number of aryl methyl sites for hydroxylation is 1. The molecule has 0 saturated heterocycles. The van der Waals surface area contributed by atoms with E-state index in [4.69, 9.17) is 28.2 Å². The number of hydrogen-bond acceptors (Lipinski definition) is 3. The number of benzene rings is 1. The molecule has 2 nitrogen and oxygen atoms in total. The van der Waals surface area contributed by atoms with Crippen molar-refractivity contribution in [3.05, 3.63) is 46.9 Å². The summed E-state index contributed by atoms with van der Waals surface area (Å²) in [6.45, 7) is 3.99. The zero-order valence-corrected chi connectivity index (χ0v) is 13.1. The number of thiocarbonyl (C=S) groups is 1. The summed E-state index contributed by atoms with van der Waals surface area (Å²) in [5, 5.41) is 3.98. The highest BCUT2D eigenvalue weighted by atomic mass is 35.5. The molecule has 0 saturated carbocycles. The molecule has 0 amide bonds. The van der Waals surface area contributed by atoms with Crippen LogP contribution < -0.4 is 5.32 Å². The van der Waals surface area contributed by atoms with Crippen LogP contribution in [-0.4, -0.2) is 10.7 Å². The Labute approximate surface area is 127 Å². The zero-order chi connectivity index (χ0) is 13.8. The first-order chi connectivity index (χ1) is 9.11. The molecule has 5 heteroatoms. The van der Waals surface area contributed by atoms with Crippen LogP contribution in [-0.2, 0) is 0 Å². The zero-order valence-electron chi connectivity index (χ0n) is 10.7. The lowest BCUT2D eigenvalue weighted by molar-refractivity contribution is 0.533. The van der Waals surface area contributed by atoms with E-state index in [0.717, 1.165) is 32.7 Å². The molecule has 2 rings (SSSR count). The second-order valence-corrected chi connectivity index (χ2v) is 6.04. The Kier molecular flexibility index (Phi) is 4.91. The van der Waals surface area contributed by atoms with Crippen LogP contribution in [0.3, 0.4) is 0 Å². The van der Waals surface area contributed by atoms with Crippen molar-refractivity contribution in [1.82, 2.24) is 0 Å². The van der Waals surface area contributed by atoms with E-state index in [0.29, 0.717) is 4.99 Å². The molecule has 0 fully saturated rings. The molecule has 19 heavy (non-hydrogen) atoms. The molecule has 1 aromatic carbocycles. The van der Waals surface area contributed by atoms with Gasteiger partial charge in [0, 0.05) is 10.6 Å². The van der Waals surface area contributed by atoms with Crippen molar-refractivity contribution < 1.29 is 4.42 Å². The van der Waals surface area contributed by atoms with Crippen molar-refractivity contribution in [2.24, 2.45) is 0 Å². The first-order valence-corrected chi connectivity index (χ1v) is 7.66. The van der Waals surface area contributed by atoms with Crippen LogP contribution in [0.15, 0.2) is 39.8 Å². The van der Waals surface area contributed by atoms with E-state index in [1.807, 2.05) is 31.2 Å². The first kappa shape index (κ1) is 14.4. The minimum absolute atomic E-state index is 0.654. The van der Waals surface area contributed by atoms with E-state index < -0.39 is 0 Å². The molecule has 0 aliphatic heterocycles. The number of anilines is 1. The summed E-state index contributed by atoms with van der Waals surface area (Å²) in [6.07, 6.45) is 1.64. The van der Waals surface area contributed by atoms with E-state index in [2.05, 4.69) is 12.2 Å². The van der Waals surface area contributed by atoms with Crippen molar-refractivity contribution in [3.63, 3.8) is 0 Å². The molecule has 0 radical (unpaired) electrons. The van der Waals surface area contributed by atoms with Crippen molar-refractivity contribution in [2.75, 3.05) is 11.1 Å². The minimum Gasteiger partial charge on any atom is -0.469 e. The highest BCUT2D eigenvalue weighted by Gasteiger charge is 2.09. The standard InChI is InChI=1S/C14H14ClNOS2/c1-3-19-13-8-10(4-5-12(13)15)16-14(18)11-6-7-17-9(11)2/h4-8H,3H2,1-2H3,(H,16,18). The van der Waals surface area contributed by atoms with Gasteiger partial charge >= 0.3 is 0 Å². The molecular weight excluding hydrogens is 298 g/mol. The fourth-order valence-corrected chi connectivity index (χ4v) is 3.00. The van der Waals surface area contributed by atoms with Gasteiger partial charge in [0.2, 0.25) is 0 Å². The Morgan fingerprint density at radius 2 is 2.21 bits per heavy atom. The predicted octanol–water partition coefficient (Wildman–Crippen LogP) is 5.14. The number of thioether (sulfide) groups is 1. The predicted molar refractivity (Wildman–Crippen MR) is 86.6 cm³/mol. The van der Waals surface area contributed by atoms with Gasteiger partial charge in [-0.1, -0.05) is 30.7 Å². The van der Waals surface area contributed by atoms with Gasteiger partial charge in [-0.2, -0.15) is 0 Å². The second-order valence-electron chi connectivity index (χ2n) is 3.92. The Morgan fingerprint density at radius 1 is 1.42 bits per heavy atom. The van der Waals surface area contributed by atoms with Gasteiger partial charge in [-0.15, -0.1) is 11.8 Å². The normalized spacial score (nSPS) is 10.5. The molecule has 2 aromatic rings. The number of hydrogen-bond donors (Lipinski definition) is 1. The number of furan rings is 1.